The fraction of sp³-hybridized carbons (Fsp3) is 0.0909. The van der Waals surface area contributed by atoms with Crippen molar-refractivity contribution in [2.45, 2.75) is 6.92 Å². The van der Waals surface area contributed by atoms with Gasteiger partial charge in [0.1, 0.15) is 11.4 Å². The number of aryl methyl sites for hydroxylation is 1. The van der Waals surface area contributed by atoms with E-state index in [1.165, 1.54) is 12.3 Å². The summed E-state index contributed by atoms with van der Waals surface area (Å²) in [5.74, 6) is -0.316. The fourth-order valence-corrected chi connectivity index (χ4v) is 2.59. The number of hydrazone groups is 1. The summed E-state index contributed by atoms with van der Waals surface area (Å²) in [5, 5.41) is 25.6. The molecule has 0 unspecified atom stereocenters. The third-order valence-electron chi connectivity index (χ3n) is 4.03. The summed E-state index contributed by atoms with van der Waals surface area (Å²) in [4.78, 5) is 11.9. The topological polar surface area (TPSA) is 98.4 Å². The van der Waals surface area contributed by atoms with Crippen LogP contribution in [0.1, 0.15) is 11.1 Å². The van der Waals surface area contributed by atoms with E-state index in [0.717, 1.165) is 11.3 Å². The predicted octanol–water partition coefficient (Wildman–Crippen LogP) is 5.33. The number of amides is 1. The van der Waals surface area contributed by atoms with E-state index < -0.39 is 0 Å². The highest BCUT2D eigenvalue weighted by atomic mass is 35.5. The Morgan fingerprint density at radius 1 is 1.07 bits per heavy atom. The number of hydrogen-bond donors (Lipinski definition) is 3. The molecular weight excluding hydrogens is 402 g/mol. The van der Waals surface area contributed by atoms with Gasteiger partial charge in [-0.3, -0.25) is 4.79 Å². The van der Waals surface area contributed by atoms with Crippen LogP contribution in [0.3, 0.4) is 0 Å². The molecule has 3 aromatic rings. The van der Waals surface area contributed by atoms with Crippen LogP contribution in [0.5, 0.6) is 5.75 Å². The summed E-state index contributed by atoms with van der Waals surface area (Å²) in [7, 11) is 0. The lowest BCUT2D eigenvalue weighted by Gasteiger charge is -2.05. The van der Waals surface area contributed by atoms with Crippen LogP contribution < -0.4 is 10.7 Å². The maximum Gasteiger partial charge on any atom is 0.259 e. The summed E-state index contributed by atoms with van der Waals surface area (Å²) in [5.41, 5.74) is 5.82. The molecule has 3 aromatic carbocycles. The van der Waals surface area contributed by atoms with Crippen LogP contribution in [0.25, 0.3) is 0 Å². The first-order valence-corrected chi connectivity index (χ1v) is 9.51. The Hall–Kier alpha value is -3.71. The zero-order valence-electron chi connectivity index (χ0n) is 16.2. The molecule has 0 fully saturated rings. The third kappa shape index (κ3) is 6.15. The van der Waals surface area contributed by atoms with Crippen molar-refractivity contribution in [2.75, 3.05) is 11.9 Å². The molecule has 0 aliphatic heterocycles. The Morgan fingerprint density at radius 2 is 1.83 bits per heavy atom. The smallest absolute Gasteiger partial charge is 0.259 e. The van der Waals surface area contributed by atoms with Crippen molar-refractivity contribution < 1.29 is 9.90 Å². The molecule has 3 rings (SSSR count). The van der Waals surface area contributed by atoms with Crippen LogP contribution >= 0.6 is 11.6 Å². The van der Waals surface area contributed by atoms with E-state index in [1.807, 2.05) is 37.3 Å². The zero-order valence-corrected chi connectivity index (χ0v) is 17.0. The lowest BCUT2D eigenvalue weighted by Crippen LogP contribution is -2.25. The molecule has 0 saturated carbocycles. The monoisotopic (exact) mass is 421 g/mol. The van der Waals surface area contributed by atoms with Gasteiger partial charge in [-0.25, -0.2) is 5.43 Å². The van der Waals surface area contributed by atoms with E-state index in [1.54, 1.807) is 30.3 Å². The van der Waals surface area contributed by atoms with Gasteiger partial charge in [0.2, 0.25) is 0 Å². The highest BCUT2D eigenvalue weighted by Gasteiger charge is 2.03. The van der Waals surface area contributed by atoms with E-state index in [0.29, 0.717) is 22.0 Å². The molecule has 0 bridgehead atoms. The van der Waals surface area contributed by atoms with Gasteiger partial charge in [-0.1, -0.05) is 41.4 Å². The number of nitrogens with one attached hydrogen (secondary N) is 2. The average molecular weight is 422 g/mol. The molecule has 3 N–H and O–H groups in total. The first-order valence-electron chi connectivity index (χ1n) is 9.13. The molecule has 0 radical (unpaired) electrons. The molecule has 30 heavy (non-hydrogen) atoms. The molecule has 0 atom stereocenters. The Labute approximate surface area is 179 Å². The summed E-state index contributed by atoms with van der Waals surface area (Å²) in [6, 6.07) is 19.5. The number of halogens is 1. The van der Waals surface area contributed by atoms with E-state index in [2.05, 4.69) is 26.1 Å². The van der Waals surface area contributed by atoms with Crippen LogP contribution in [0.2, 0.25) is 5.02 Å². The second-order valence-electron chi connectivity index (χ2n) is 6.41. The number of nitrogens with zero attached hydrogens (tertiary/aromatic N) is 3. The van der Waals surface area contributed by atoms with Crippen molar-refractivity contribution >= 4 is 40.8 Å². The van der Waals surface area contributed by atoms with Gasteiger partial charge >= 0.3 is 0 Å². The Kier molecular flexibility index (Phi) is 7.13. The molecule has 0 heterocycles. The number of azo groups is 1. The van der Waals surface area contributed by atoms with Crippen LogP contribution in [-0.4, -0.2) is 23.8 Å². The van der Waals surface area contributed by atoms with Gasteiger partial charge in [0.05, 0.1) is 23.5 Å². The lowest BCUT2D eigenvalue weighted by molar-refractivity contribution is -0.119. The molecule has 0 saturated heterocycles. The number of anilines is 1. The van der Waals surface area contributed by atoms with E-state index in [-0.39, 0.29) is 18.2 Å². The van der Waals surface area contributed by atoms with Crippen molar-refractivity contribution in [3.05, 3.63) is 82.9 Å². The average Bonchev–Trinajstić information content (AvgIpc) is 2.74. The first kappa shape index (κ1) is 21.0. The van der Waals surface area contributed by atoms with Gasteiger partial charge in [0, 0.05) is 11.3 Å². The van der Waals surface area contributed by atoms with Gasteiger partial charge in [-0.05, 0) is 49.4 Å². The molecule has 152 valence electrons. The van der Waals surface area contributed by atoms with Gasteiger partial charge in [0.25, 0.3) is 5.91 Å². The quantitative estimate of drug-likeness (QED) is 0.273. The second kappa shape index (κ2) is 10.2. The number of carbonyl (C=O) groups excluding carboxylic acids is 1. The zero-order chi connectivity index (χ0) is 21.3. The van der Waals surface area contributed by atoms with Crippen molar-refractivity contribution in [1.29, 1.82) is 0 Å². The van der Waals surface area contributed by atoms with Crippen molar-refractivity contribution in [1.82, 2.24) is 5.43 Å². The molecule has 1 amide bonds. The number of phenolic OH excluding ortho intramolecular Hbond substituents is 1. The summed E-state index contributed by atoms with van der Waals surface area (Å²) in [6.45, 7) is 2.06. The molecule has 7 nitrogen and oxygen atoms in total. The number of hydrogen-bond acceptors (Lipinski definition) is 6. The second-order valence-corrected chi connectivity index (χ2v) is 6.81. The number of carbonyl (C=O) groups is 1. The molecular formula is C22H20ClN5O2. The standard InChI is InChI=1S/C22H20ClN5O2/c1-15-6-8-17(9-7-15)24-14-22(30)28-25-13-16-12-18(10-11-21(16)29)26-27-20-5-3-2-4-19(20)23/h2-13,24,29H,14H2,1H3,(H,28,30). The minimum Gasteiger partial charge on any atom is -0.507 e. The minimum absolute atomic E-state index is 0.00229. The van der Waals surface area contributed by atoms with E-state index in [4.69, 9.17) is 11.6 Å². The Balaban J connectivity index is 1.58. The molecule has 0 spiro atoms. The number of rotatable bonds is 7. The first-order chi connectivity index (χ1) is 14.5. The SMILES string of the molecule is Cc1ccc(NCC(=O)NN=Cc2cc(N=Nc3ccccc3Cl)ccc2O)cc1. The van der Waals surface area contributed by atoms with Crippen LogP contribution in [-0.2, 0) is 4.79 Å². The van der Waals surface area contributed by atoms with Gasteiger partial charge < -0.3 is 10.4 Å². The predicted molar refractivity (Wildman–Crippen MR) is 119 cm³/mol. The summed E-state index contributed by atoms with van der Waals surface area (Å²) < 4.78 is 0. The van der Waals surface area contributed by atoms with Gasteiger partial charge in [-0.15, -0.1) is 5.11 Å². The maximum absolute atomic E-state index is 11.9. The van der Waals surface area contributed by atoms with Crippen LogP contribution in [0.4, 0.5) is 17.1 Å². The van der Waals surface area contributed by atoms with Crippen molar-refractivity contribution in [3.8, 4) is 5.75 Å². The van der Waals surface area contributed by atoms with Crippen LogP contribution in [0, 0.1) is 6.92 Å². The fourth-order valence-electron chi connectivity index (χ4n) is 2.42. The third-order valence-corrected chi connectivity index (χ3v) is 4.35. The molecule has 0 aliphatic carbocycles. The molecule has 0 aromatic heterocycles. The minimum atomic E-state index is -0.319. The van der Waals surface area contributed by atoms with Gasteiger partial charge in [-0.2, -0.15) is 10.2 Å². The largest absolute Gasteiger partial charge is 0.507 e. The normalized spacial score (nSPS) is 11.1. The molecule has 8 heteroatoms. The Morgan fingerprint density at radius 3 is 2.60 bits per heavy atom. The lowest BCUT2D eigenvalue weighted by atomic mass is 10.2. The van der Waals surface area contributed by atoms with Crippen LogP contribution in [0.15, 0.2) is 82.1 Å². The summed E-state index contributed by atoms with van der Waals surface area (Å²) >= 11 is 6.06. The van der Waals surface area contributed by atoms with Crippen molar-refractivity contribution in [3.63, 3.8) is 0 Å². The molecule has 0 aliphatic rings. The van der Waals surface area contributed by atoms with E-state index in [9.17, 15) is 9.90 Å². The van der Waals surface area contributed by atoms with Crippen molar-refractivity contribution in [2.24, 2.45) is 15.3 Å². The van der Waals surface area contributed by atoms with Gasteiger partial charge in [0.15, 0.2) is 0 Å². The Bertz CT molecular complexity index is 1080. The number of benzene rings is 3. The van der Waals surface area contributed by atoms with E-state index >= 15 is 0 Å². The number of phenols is 1. The maximum atomic E-state index is 11.9. The number of aromatic hydroxyl groups is 1. The highest BCUT2D eigenvalue weighted by molar-refractivity contribution is 6.32. The highest BCUT2D eigenvalue weighted by Crippen LogP contribution is 2.27. The summed E-state index contributed by atoms with van der Waals surface area (Å²) in [6.07, 6.45) is 1.34.